The van der Waals surface area contributed by atoms with E-state index in [4.69, 9.17) is 11.0 Å². The summed E-state index contributed by atoms with van der Waals surface area (Å²) in [7, 11) is 0. The summed E-state index contributed by atoms with van der Waals surface area (Å²) in [4.78, 5) is 11.4. The van der Waals surface area contributed by atoms with Crippen LogP contribution in [0.25, 0.3) is 0 Å². The van der Waals surface area contributed by atoms with Crippen molar-refractivity contribution in [2.45, 2.75) is 18.9 Å². The second kappa shape index (κ2) is 4.98. The Labute approximate surface area is 100 Å². The van der Waals surface area contributed by atoms with Crippen molar-refractivity contribution in [3.63, 3.8) is 0 Å². The summed E-state index contributed by atoms with van der Waals surface area (Å²) in [6, 6.07) is 8.53. The quantitative estimate of drug-likeness (QED) is 0.793. The summed E-state index contributed by atoms with van der Waals surface area (Å²) < 4.78 is 0. The van der Waals surface area contributed by atoms with E-state index < -0.39 is 6.04 Å². The number of nitrogens with zero attached hydrogens (tertiary/aromatic N) is 1. The van der Waals surface area contributed by atoms with E-state index in [9.17, 15) is 4.79 Å². The van der Waals surface area contributed by atoms with E-state index in [1.165, 1.54) is 12.8 Å². The lowest BCUT2D eigenvalue weighted by molar-refractivity contribution is -0.120. The summed E-state index contributed by atoms with van der Waals surface area (Å²) in [5, 5.41) is 11.9. The number of hydrogen-bond donors (Lipinski definition) is 2. The molecular weight excluding hydrogens is 214 g/mol. The van der Waals surface area contributed by atoms with Gasteiger partial charge in [0.1, 0.15) is 6.04 Å². The van der Waals surface area contributed by atoms with Gasteiger partial charge in [-0.3, -0.25) is 4.79 Å². The predicted molar refractivity (Wildman–Crippen MR) is 63.8 cm³/mol. The van der Waals surface area contributed by atoms with Crippen LogP contribution in [0.5, 0.6) is 0 Å². The largest absolute Gasteiger partial charge is 0.368 e. The molecule has 1 amide bonds. The van der Waals surface area contributed by atoms with Crippen LogP contribution < -0.4 is 11.1 Å². The number of amides is 1. The van der Waals surface area contributed by atoms with Crippen LogP contribution in [0.4, 0.5) is 0 Å². The number of nitrogens with two attached hydrogens (primary N) is 1. The SMILES string of the molecule is N#Cc1ccc(C(NCC2CC2)C(N)=O)cc1. The van der Waals surface area contributed by atoms with Crippen molar-refractivity contribution in [2.75, 3.05) is 6.54 Å². The van der Waals surface area contributed by atoms with Gasteiger partial charge >= 0.3 is 0 Å². The Kier molecular flexibility index (Phi) is 3.40. The molecule has 0 spiro atoms. The highest BCUT2D eigenvalue weighted by Crippen LogP contribution is 2.28. The number of carbonyl (C=O) groups excluding carboxylic acids is 1. The van der Waals surface area contributed by atoms with Crippen molar-refractivity contribution in [3.05, 3.63) is 35.4 Å². The van der Waals surface area contributed by atoms with Crippen molar-refractivity contribution in [1.29, 1.82) is 5.26 Å². The molecule has 2 rings (SSSR count). The predicted octanol–water partition coefficient (Wildman–Crippen LogP) is 1.08. The molecule has 17 heavy (non-hydrogen) atoms. The molecule has 0 aromatic heterocycles. The summed E-state index contributed by atoms with van der Waals surface area (Å²) in [6.45, 7) is 0.827. The molecule has 4 nitrogen and oxygen atoms in total. The fourth-order valence-corrected chi connectivity index (χ4v) is 1.74. The third-order valence-corrected chi connectivity index (χ3v) is 2.97. The fourth-order valence-electron chi connectivity index (χ4n) is 1.74. The van der Waals surface area contributed by atoms with Crippen molar-refractivity contribution in [3.8, 4) is 6.07 Å². The molecule has 0 bridgehead atoms. The molecule has 1 saturated carbocycles. The Bertz CT molecular complexity index is 443. The Morgan fingerprint density at radius 2 is 2.12 bits per heavy atom. The van der Waals surface area contributed by atoms with Gasteiger partial charge in [-0.1, -0.05) is 12.1 Å². The monoisotopic (exact) mass is 229 g/mol. The number of nitriles is 1. The van der Waals surface area contributed by atoms with Gasteiger partial charge in [0.15, 0.2) is 0 Å². The van der Waals surface area contributed by atoms with Crippen molar-refractivity contribution >= 4 is 5.91 Å². The van der Waals surface area contributed by atoms with Gasteiger partial charge in [0.2, 0.25) is 5.91 Å². The maximum absolute atomic E-state index is 11.4. The molecule has 1 aliphatic carbocycles. The number of rotatable bonds is 5. The average molecular weight is 229 g/mol. The smallest absolute Gasteiger partial charge is 0.239 e. The molecule has 4 heteroatoms. The normalized spacial score (nSPS) is 16.2. The maximum atomic E-state index is 11.4. The molecule has 1 atom stereocenters. The number of nitrogens with one attached hydrogen (secondary N) is 1. The third kappa shape index (κ3) is 3.05. The van der Waals surface area contributed by atoms with Crippen molar-refractivity contribution in [2.24, 2.45) is 11.7 Å². The first kappa shape index (κ1) is 11.6. The highest BCUT2D eigenvalue weighted by Gasteiger charge is 2.24. The van der Waals surface area contributed by atoms with E-state index in [-0.39, 0.29) is 5.91 Å². The molecular formula is C13H15N3O. The van der Waals surface area contributed by atoms with Crippen LogP contribution in [0.1, 0.15) is 30.0 Å². The van der Waals surface area contributed by atoms with Crippen LogP contribution in [0.3, 0.4) is 0 Å². The molecule has 0 aliphatic heterocycles. The van der Waals surface area contributed by atoms with Crippen LogP contribution in [-0.2, 0) is 4.79 Å². The fraction of sp³-hybridized carbons (Fsp3) is 0.385. The molecule has 1 unspecified atom stereocenters. The molecule has 1 aliphatic rings. The minimum atomic E-state index is -0.455. The minimum Gasteiger partial charge on any atom is -0.368 e. The molecule has 3 N–H and O–H groups in total. The van der Waals surface area contributed by atoms with E-state index in [0.717, 1.165) is 12.1 Å². The Morgan fingerprint density at radius 1 is 1.47 bits per heavy atom. The first-order valence-corrected chi connectivity index (χ1v) is 5.73. The van der Waals surface area contributed by atoms with Gasteiger partial charge in [-0.2, -0.15) is 5.26 Å². The standard InChI is InChI=1S/C13H15N3O/c14-7-9-3-5-11(6-4-9)12(13(15)17)16-8-10-1-2-10/h3-6,10,12,16H,1-2,8H2,(H2,15,17). The Balaban J connectivity index is 2.07. The lowest BCUT2D eigenvalue weighted by atomic mass is 10.0. The van der Waals surface area contributed by atoms with Crippen LogP contribution in [-0.4, -0.2) is 12.5 Å². The van der Waals surface area contributed by atoms with Gasteiger partial charge < -0.3 is 11.1 Å². The van der Waals surface area contributed by atoms with Gasteiger partial charge in [-0.25, -0.2) is 0 Å². The van der Waals surface area contributed by atoms with Crippen LogP contribution >= 0.6 is 0 Å². The second-order valence-electron chi connectivity index (χ2n) is 4.42. The second-order valence-corrected chi connectivity index (χ2v) is 4.42. The third-order valence-electron chi connectivity index (χ3n) is 2.97. The van der Waals surface area contributed by atoms with Crippen LogP contribution in [0.15, 0.2) is 24.3 Å². The molecule has 88 valence electrons. The number of hydrogen-bond acceptors (Lipinski definition) is 3. The highest BCUT2D eigenvalue weighted by molar-refractivity contribution is 5.81. The van der Waals surface area contributed by atoms with E-state index >= 15 is 0 Å². The van der Waals surface area contributed by atoms with Gasteiger partial charge in [-0.15, -0.1) is 0 Å². The first-order valence-electron chi connectivity index (χ1n) is 5.73. The van der Waals surface area contributed by atoms with Crippen LogP contribution in [0.2, 0.25) is 0 Å². The van der Waals surface area contributed by atoms with Crippen LogP contribution in [0, 0.1) is 17.2 Å². The minimum absolute atomic E-state index is 0.379. The average Bonchev–Trinajstić information content (AvgIpc) is 3.14. The molecule has 0 heterocycles. The molecule has 1 aromatic carbocycles. The van der Waals surface area contributed by atoms with Gasteiger partial charge in [-0.05, 0) is 43.0 Å². The first-order chi connectivity index (χ1) is 8.20. The van der Waals surface area contributed by atoms with Gasteiger partial charge in [0.25, 0.3) is 0 Å². The summed E-state index contributed by atoms with van der Waals surface area (Å²) in [5.74, 6) is 0.311. The lowest BCUT2D eigenvalue weighted by Crippen LogP contribution is -2.34. The van der Waals surface area contributed by atoms with Crippen molar-refractivity contribution < 1.29 is 4.79 Å². The van der Waals surface area contributed by atoms with E-state index in [1.807, 2.05) is 6.07 Å². The number of carbonyl (C=O) groups is 1. The molecule has 0 radical (unpaired) electrons. The summed E-state index contributed by atoms with van der Waals surface area (Å²) in [5.41, 5.74) is 6.78. The number of primary amides is 1. The van der Waals surface area contributed by atoms with Gasteiger partial charge in [0.05, 0.1) is 11.6 Å². The van der Waals surface area contributed by atoms with E-state index in [2.05, 4.69) is 5.32 Å². The zero-order valence-corrected chi connectivity index (χ0v) is 9.52. The van der Waals surface area contributed by atoms with E-state index in [1.54, 1.807) is 24.3 Å². The summed E-state index contributed by atoms with van der Waals surface area (Å²) in [6.07, 6.45) is 2.46. The summed E-state index contributed by atoms with van der Waals surface area (Å²) >= 11 is 0. The zero-order chi connectivity index (χ0) is 12.3. The molecule has 1 fully saturated rings. The molecule has 0 saturated heterocycles. The number of benzene rings is 1. The lowest BCUT2D eigenvalue weighted by Gasteiger charge is -2.15. The van der Waals surface area contributed by atoms with Crippen molar-refractivity contribution in [1.82, 2.24) is 5.32 Å². The van der Waals surface area contributed by atoms with E-state index in [0.29, 0.717) is 11.5 Å². The zero-order valence-electron chi connectivity index (χ0n) is 9.52. The Hall–Kier alpha value is -1.86. The Morgan fingerprint density at radius 3 is 2.59 bits per heavy atom. The van der Waals surface area contributed by atoms with Gasteiger partial charge in [0, 0.05) is 0 Å². The molecule has 1 aromatic rings. The highest BCUT2D eigenvalue weighted by atomic mass is 16.1. The topological polar surface area (TPSA) is 78.9 Å². The maximum Gasteiger partial charge on any atom is 0.239 e.